The first-order valence-corrected chi connectivity index (χ1v) is 6.63. The van der Waals surface area contributed by atoms with Gasteiger partial charge in [0.2, 0.25) is 0 Å². The Kier molecular flexibility index (Phi) is 3.24. The number of hydrogen-bond donors (Lipinski definition) is 1. The Morgan fingerprint density at radius 2 is 1.90 bits per heavy atom. The first-order valence-electron chi connectivity index (χ1n) is 6.63. The molecule has 0 spiro atoms. The molecule has 0 saturated carbocycles. The molecule has 3 rings (SSSR count). The van der Waals surface area contributed by atoms with Gasteiger partial charge in [-0.1, -0.05) is 29.8 Å². The van der Waals surface area contributed by atoms with Gasteiger partial charge in [0, 0.05) is 31.0 Å². The van der Waals surface area contributed by atoms with Gasteiger partial charge in [-0.25, -0.2) is 0 Å². The molecular formula is C16H16N2O2. The summed E-state index contributed by atoms with van der Waals surface area (Å²) in [6.07, 6.45) is 2.95. The maximum atomic E-state index is 12.2. The molecule has 102 valence electrons. The fourth-order valence-corrected chi connectivity index (χ4v) is 2.26. The molecule has 0 atom stereocenters. The van der Waals surface area contributed by atoms with Crippen LogP contribution in [0.1, 0.15) is 15.9 Å². The van der Waals surface area contributed by atoms with Gasteiger partial charge >= 0.3 is 0 Å². The van der Waals surface area contributed by atoms with Gasteiger partial charge in [-0.15, -0.1) is 0 Å². The Morgan fingerprint density at radius 3 is 2.55 bits per heavy atom. The zero-order valence-electron chi connectivity index (χ0n) is 11.3. The molecule has 1 aliphatic rings. The lowest BCUT2D eigenvalue weighted by molar-refractivity contribution is 0.00587. The number of β-amino-alcohol motifs (C(OH)–C–C–N with tert-alkyl or cyclic N) is 1. The summed E-state index contributed by atoms with van der Waals surface area (Å²) in [5.41, 5.74) is 3.73. The van der Waals surface area contributed by atoms with Gasteiger partial charge in [0.25, 0.3) is 5.91 Å². The largest absolute Gasteiger partial charge is 0.389 e. The molecule has 1 amide bonds. The van der Waals surface area contributed by atoms with E-state index >= 15 is 0 Å². The van der Waals surface area contributed by atoms with Crippen LogP contribution in [-0.2, 0) is 0 Å². The smallest absolute Gasteiger partial charge is 0.255 e. The number of carbonyl (C=O) groups is 1. The predicted molar refractivity (Wildman–Crippen MR) is 76.3 cm³/mol. The van der Waals surface area contributed by atoms with E-state index in [1.165, 1.54) is 5.56 Å². The lowest BCUT2D eigenvalue weighted by atomic mass is 10.0. The van der Waals surface area contributed by atoms with Crippen molar-refractivity contribution in [1.82, 2.24) is 9.88 Å². The van der Waals surface area contributed by atoms with Crippen LogP contribution in [0.15, 0.2) is 42.7 Å². The Labute approximate surface area is 117 Å². The number of likely N-dealkylation sites (tertiary alicyclic amines) is 1. The monoisotopic (exact) mass is 268 g/mol. The third-order valence-electron chi connectivity index (χ3n) is 3.52. The summed E-state index contributed by atoms with van der Waals surface area (Å²) in [6.45, 7) is 2.86. The summed E-state index contributed by atoms with van der Waals surface area (Å²) in [4.78, 5) is 18.0. The van der Waals surface area contributed by atoms with Crippen molar-refractivity contribution in [3.8, 4) is 11.1 Å². The van der Waals surface area contributed by atoms with Gasteiger partial charge in [0.05, 0.1) is 11.7 Å². The lowest BCUT2D eigenvalue weighted by Gasteiger charge is -2.35. The minimum absolute atomic E-state index is 0.0724. The molecular weight excluding hydrogens is 252 g/mol. The zero-order valence-corrected chi connectivity index (χ0v) is 11.3. The molecule has 4 nitrogen and oxygen atoms in total. The number of nitrogens with zero attached hydrogens (tertiary/aromatic N) is 2. The Bertz CT molecular complexity index is 631. The Morgan fingerprint density at radius 1 is 1.20 bits per heavy atom. The minimum atomic E-state index is -0.382. The first kappa shape index (κ1) is 12.8. The number of pyridine rings is 1. The maximum Gasteiger partial charge on any atom is 0.255 e. The number of aryl methyl sites for hydroxylation is 1. The number of rotatable bonds is 2. The van der Waals surface area contributed by atoms with E-state index in [0.717, 1.165) is 11.1 Å². The average molecular weight is 268 g/mol. The second-order valence-electron chi connectivity index (χ2n) is 5.19. The molecule has 1 saturated heterocycles. The number of benzene rings is 1. The second-order valence-corrected chi connectivity index (χ2v) is 5.19. The van der Waals surface area contributed by atoms with Crippen LogP contribution in [-0.4, -0.2) is 40.1 Å². The molecule has 1 N–H and O–H groups in total. The van der Waals surface area contributed by atoms with Crippen molar-refractivity contribution in [3.63, 3.8) is 0 Å². The maximum absolute atomic E-state index is 12.2. The van der Waals surface area contributed by atoms with Crippen LogP contribution in [0.5, 0.6) is 0 Å². The van der Waals surface area contributed by atoms with Crippen molar-refractivity contribution < 1.29 is 9.90 Å². The van der Waals surface area contributed by atoms with E-state index in [0.29, 0.717) is 18.7 Å². The molecule has 1 aromatic heterocycles. The highest BCUT2D eigenvalue weighted by molar-refractivity contribution is 5.95. The van der Waals surface area contributed by atoms with Crippen molar-refractivity contribution in [2.24, 2.45) is 0 Å². The van der Waals surface area contributed by atoms with Crippen molar-refractivity contribution in [1.29, 1.82) is 0 Å². The predicted octanol–water partition coefficient (Wildman–Crippen LogP) is 1.87. The van der Waals surface area contributed by atoms with Crippen LogP contribution >= 0.6 is 0 Å². The molecule has 4 heteroatoms. The Balaban J connectivity index is 1.86. The molecule has 1 aromatic carbocycles. The summed E-state index contributed by atoms with van der Waals surface area (Å²) < 4.78 is 0. The minimum Gasteiger partial charge on any atom is -0.389 e. The van der Waals surface area contributed by atoms with Crippen LogP contribution in [0.3, 0.4) is 0 Å². The van der Waals surface area contributed by atoms with Crippen molar-refractivity contribution in [2.45, 2.75) is 13.0 Å². The van der Waals surface area contributed by atoms with Crippen molar-refractivity contribution in [3.05, 3.63) is 53.9 Å². The number of carbonyl (C=O) groups excluding carboxylic acids is 1. The van der Waals surface area contributed by atoms with Crippen LogP contribution in [0, 0.1) is 6.92 Å². The summed E-state index contributed by atoms with van der Waals surface area (Å²) in [6, 6.07) is 9.97. The van der Waals surface area contributed by atoms with E-state index in [4.69, 9.17) is 0 Å². The van der Waals surface area contributed by atoms with Gasteiger partial charge in [0.15, 0.2) is 0 Å². The first-order chi connectivity index (χ1) is 9.63. The van der Waals surface area contributed by atoms with Gasteiger partial charge in [-0.05, 0) is 18.6 Å². The molecule has 0 unspecified atom stereocenters. The van der Waals surface area contributed by atoms with E-state index < -0.39 is 0 Å². The van der Waals surface area contributed by atoms with Crippen LogP contribution in [0.4, 0.5) is 0 Å². The SMILES string of the molecule is Cc1ccc(-c2cncc(C(=O)N3CC(O)C3)c2)cc1. The molecule has 1 fully saturated rings. The third-order valence-corrected chi connectivity index (χ3v) is 3.52. The van der Waals surface area contributed by atoms with Gasteiger partial charge in [-0.3, -0.25) is 9.78 Å². The highest BCUT2D eigenvalue weighted by atomic mass is 16.3. The number of amides is 1. The summed E-state index contributed by atoms with van der Waals surface area (Å²) >= 11 is 0. The number of aliphatic hydroxyl groups excluding tert-OH is 1. The number of aliphatic hydroxyl groups is 1. The van der Waals surface area contributed by atoms with Crippen molar-refractivity contribution >= 4 is 5.91 Å². The molecule has 0 bridgehead atoms. The quantitative estimate of drug-likeness (QED) is 0.904. The van der Waals surface area contributed by atoms with Gasteiger partial charge in [-0.2, -0.15) is 0 Å². The molecule has 20 heavy (non-hydrogen) atoms. The lowest BCUT2D eigenvalue weighted by Crippen LogP contribution is -2.53. The molecule has 2 heterocycles. The molecule has 0 radical (unpaired) electrons. The number of aromatic nitrogens is 1. The summed E-state index contributed by atoms with van der Waals surface area (Å²) in [5.74, 6) is -0.0724. The van der Waals surface area contributed by atoms with Crippen LogP contribution in [0.2, 0.25) is 0 Å². The number of hydrogen-bond acceptors (Lipinski definition) is 3. The second kappa shape index (κ2) is 5.06. The molecule has 0 aliphatic carbocycles. The summed E-state index contributed by atoms with van der Waals surface area (Å²) in [5, 5.41) is 9.26. The van der Waals surface area contributed by atoms with Crippen molar-refractivity contribution in [2.75, 3.05) is 13.1 Å². The zero-order chi connectivity index (χ0) is 14.1. The average Bonchev–Trinajstić information content (AvgIpc) is 2.44. The third kappa shape index (κ3) is 2.42. The van der Waals surface area contributed by atoms with E-state index in [2.05, 4.69) is 4.98 Å². The fraction of sp³-hybridized carbons (Fsp3) is 0.250. The Hall–Kier alpha value is -2.20. The summed E-state index contributed by atoms with van der Waals surface area (Å²) in [7, 11) is 0. The topological polar surface area (TPSA) is 53.4 Å². The highest BCUT2D eigenvalue weighted by Crippen LogP contribution is 2.21. The van der Waals surface area contributed by atoms with Crippen LogP contribution < -0.4 is 0 Å². The normalized spacial score (nSPS) is 15.0. The van der Waals surface area contributed by atoms with Gasteiger partial charge in [0.1, 0.15) is 0 Å². The fourth-order valence-electron chi connectivity index (χ4n) is 2.26. The van der Waals surface area contributed by atoms with E-state index in [-0.39, 0.29) is 12.0 Å². The van der Waals surface area contributed by atoms with E-state index in [1.807, 2.05) is 37.3 Å². The van der Waals surface area contributed by atoms with Crippen LogP contribution in [0.25, 0.3) is 11.1 Å². The van der Waals surface area contributed by atoms with Gasteiger partial charge < -0.3 is 10.0 Å². The van der Waals surface area contributed by atoms with E-state index in [9.17, 15) is 9.90 Å². The van der Waals surface area contributed by atoms with E-state index in [1.54, 1.807) is 17.3 Å². The molecule has 1 aliphatic heterocycles. The standard InChI is InChI=1S/C16H16N2O2/c1-11-2-4-12(5-3-11)13-6-14(8-17-7-13)16(20)18-9-15(19)10-18/h2-8,15,19H,9-10H2,1H3. The highest BCUT2D eigenvalue weighted by Gasteiger charge is 2.29. The molecule has 2 aromatic rings.